The zero-order valence-electron chi connectivity index (χ0n) is 24.1. The Hall–Kier alpha value is -2.57. The van der Waals surface area contributed by atoms with Gasteiger partial charge in [0.05, 0.1) is 6.61 Å². The molecule has 0 heterocycles. The number of ether oxygens (including phenoxy) is 1. The summed E-state index contributed by atoms with van der Waals surface area (Å²) in [5.74, 6) is 0.838. The molecule has 0 aliphatic carbocycles. The maximum Gasteiger partial charge on any atom is 0.119 e. The summed E-state index contributed by atoms with van der Waals surface area (Å²) in [6.45, 7) is 4.54. The Kier molecular flexibility index (Phi) is 14.7. The normalized spacial score (nSPS) is 12.4. The molecule has 0 aromatic heterocycles. The van der Waals surface area contributed by atoms with Crippen molar-refractivity contribution >= 4 is 35.6 Å². The predicted molar refractivity (Wildman–Crippen MR) is 179 cm³/mol. The predicted octanol–water partition coefficient (Wildman–Crippen LogP) is 7.49. The van der Waals surface area contributed by atoms with E-state index in [0.717, 1.165) is 65.7 Å². The number of aliphatic hydroxyl groups is 1. The first-order chi connectivity index (χ1) is 20.0. The van der Waals surface area contributed by atoms with Crippen LogP contribution < -0.4 is 15.4 Å². The quantitative estimate of drug-likeness (QED) is 0.120. The minimum Gasteiger partial charge on any atom is -0.489 e. The largest absolute Gasteiger partial charge is 0.489 e. The highest BCUT2D eigenvalue weighted by molar-refractivity contribution is 6.30. The first kappa shape index (κ1) is 33.9. The summed E-state index contributed by atoms with van der Waals surface area (Å²) in [6, 6.07) is 33.1. The van der Waals surface area contributed by atoms with E-state index >= 15 is 0 Å². The first-order valence-electron chi connectivity index (χ1n) is 14.3. The molecule has 4 rings (SSSR count). The van der Waals surface area contributed by atoms with E-state index in [0.29, 0.717) is 12.6 Å². The van der Waals surface area contributed by atoms with Gasteiger partial charge in [-0.1, -0.05) is 83.9 Å². The van der Waals surface area contributed by atoms with Crippen molar-refractivity contribution in [2.24, 2.45) is 0 Å². The van der Waals surface area contributed by atoms with Gasteiger partial charge < -0.3 is 20.5 Å². The van der Waals surface area contributed by atoms with Crippen LogP contribution in [0.2, 0.25) is 10.0 Å². The molecule has 2 atom stereocenters. The Bertz CT molecular complexity index is 1330. The number of hydrogen-bond donors (Lipinski definition) is 3. The molecule has 0 radical (unpaired) electrons. The Balaban J connectivity index is 0.00000484. The first-order valence-corrected chi connectivity index (χ1v) is 15.1. The fraction of sp³-hybridized carbons (Fsp3) is 0.314. The van der Waals surface area contributed by atoms with Crippen LogP contribution in [0, 0.1) is 0 Å². The zero-order chi connectivity index (χ0) is 28.9. The van der Waals surface area contributed by atoms with E-state index in [1.807, 2.05) is 48.5 Å². The third kappa shape index (κ3) is 12.0. The van der Waals surface area contributed by atoms with Crippen LogP contribution in [0.25, 0.3) is 0 Å². The average Bonchev–Trinajstić information content (AvgIpc) is 2.97. The molecule has 4 aromatic rings. The van der Waals surface area contributed by atoms with Gasteiger partial charge in [0.1, 0.15) is 12.4 Å². The van der Waals surface area contributed by atoms with Crippen LogP contribution in [0.3, 0.4) is 0 Å². The van der Waals surface area contributed by atoms with Gasteiger partial charge in [0.2, 0.25) is 0 Å². The van der Waals surface area contributed by atoms with Crippen molar-refractivity contribution in [2.75, 3.05) is 19.7 Å². The van der Waals surface area contributed by atoms with Gasteiger partial charge in [0.25, 0.3) is 0 Å². The molecule has 0 saturated carbocycles. The molecule has 0 aliphatic heterocycles. The molecule has 42 heavy (non-hydrogen) atoms. The second kappa shape index (κ2) is 18.2. The summed E-state index contributed by atoms with van der Waals surface area (Å²) < 4.78 is 6.03. The summed E-state index contributed by atoms with van der Waals surface area (Å²) in [5, 5.41) is 18.4. The van der Waals surface area contributed by atoms with Crippen LogP contribution >= 0.6 is 35.6 Å². The molecule has 7 heteroatoms. The van der Waals surface area contributed by atoms with Gasteiger partial charge in [-0.3, -0.25) is 0 Å². The van der Waals surface area contributed by atoms with E-state index in [4.69, 9.17) is 27.9 Å². The van der Waals surface area contributed by atoms with Gasteiger partial charge in [0.15, 0.2) is 0 Å². The van der Waals surface area contributed by atoms with Gasteiger partial charge in [-0.2, -0.15) is 0 Å². The average molecular weight is 628 g/mol. The number of nitrogens with one attached hydrogen (secondary N) is 2. The molecular weight excluding hydrogens is 587 g/mol. The number of aliphatic hydroxyl groups excluding tert-OH is 1. The van der Waals surface area contributed by atoms with Crippen LogP contribution in [-0.4, -0.2) is 36.9 Å². The van der Waals surface area contributed by atoms with Crippen LogP contribution in [0.4, 0.5) is 0 Å². The summed E-state index contributed by atoms with van der Waals surface area (Å²) in [6.07, 6.45) is 3.56. The molecule has 0 saturated heterocycles. The minimum atomic E-state index is 0. The monoisotopic (exact) mass is 626 g/mol. The highest BCUT2D eigenvalue weighted by Gasteiger charge is 2.09. The Labute approximate surface area is 266 Å². The smallest absolute Gasteiger partial charge is 0.119 e. The van der Waals surface area contributed by atoms with Crippen molar-refractivity contribution in [3.8, 4) is 5.75 Å². The Morgan fingerprint density at radius 1 is 0.667 bits per heavy atom. The summed E-state index contributed by atoms with van der Waals surface area (Å²) in [4.78, 5) is 0. The molecular formula is C35H41Cl3N2O2. The maximum absolute atomic E-state index is 9.83. The van der Waals surface area contributed by atoms with Crippen molar-refractivity contribution in [2.45, 2.75) is 51.3 Å². The second-order valence-corrected chi connectivity index (χ2v) is 11.5. The van der Waals surface area contributed by atoms with E-state index in [2.05, 4.69) is 66.1 Å². The van der Waals surface area contributed by atoms with E-state index in [1.165, 1.54) is 16.7 Å². The van der Waals surface area contributed by atoms with Gasteiger partial charge >= 0.3 is 0 Å². The number of rotatable bonds is 16. The van der Waals surface area contributed by atoms with Gasteiger partial charge in [-0.25, -0.2) is 0 Å². The van der Waals surface area contributed by atoms with Gasteiger partial charge in [0, 0.05) is 22.1 Å². The molecule has 4 aromatic carbocycles. The van der Waals surface area contributed by atoms with Crippen LogP contribution in [0.5, 0.6) is 5.75 Å². The third-order valence-corrected chi connectivity index (χ3v) is 7.60. The molecule has 0 fully saturated rings. The van der Waals surface area contributed by atoms with E-state index in [1.54, 1.807) is 0 Å². The number of halogens is 3. The van der Waals surface area contributed by atoms with Crippen molar-refractivity contribution < 1.29 is 9.84 Å². The van der Waals surface area contributed by atoms with Crippen molar-refractivity contribution in [1.82, 2.24) is 10.6 Å². The SMILES string of the molecule is CC(Cc1ccc(COc2ccc(CC(CO)NCCc3cccc(Cl)c3)cc2)cc1)NCCc1cccc(Cl)c1.Cl. The van der Waals surface area contributed by atoms with Gasteiger partial charge in [-0.15, -0.1) is 12.4 Å². The lowest BCUT2D eigenvalue weighted by Gasteiger charge is -2.17. The fourth-order valence-electron chi connectivity index (χ4n) is 4.84. The Morgan fingerprint density at radius 3 is 1.76 bits per heavy atom. The van der Waals surface area contributed by atoms with E-state index < -0.39 is 0 Å². The molecule has 0 spiro atoms. The highest BCUT2D eigenvalue weighted by Crippen LogP contribution is 2.17. The Morgan fingerprint density at radius 2 is 1.19 bits per heavy atom. The summed E-state index contributed by atoms with van der Waals surface area (Å²) >= 11 is 12.2. The lowest BCUT2D eigenvalue weighted by molar-refractivity contribution is 0.242. The third-order valence-electron chi connectivity index (χ3n) is 7.13. The molecule has 0 bridgehead atoms. The molecule has 3 N–H and O–H groups in total. The zero-order valence-corrected chi connectivity index (χ0v) is 26.4. The summed E-state index contributed by atoms with van der Waals surface area (Å²) in [5.41, 5.74) is 6.05. The molecule has 2 unspecified atom stereocenters. The highest BCUT2D eigenvalue weighted by atomic mass is 35.5. The molecule has 224 valence electrons. The van der Waals surface area contributed by atoms with Crippen molar-refractivity contribution in [3.63, 3.8) is 0 Å². The number of hydrogen-bond acceptors (Lipinski definition) is 4. The molecule has 4 nitrogen and oxygen atoms in total. The molecule has 0 aliphatic rings. The fourth-order valence-corrected chi connectivity index (χ4v) is 5.27. The number of benzene rings is 4. The lowest BCUT2D eigenvalue weighted by atomic mass is 10.0. The van der Waals surface area contributed by atoms with Crippen molar-refractivity contribution in [3.05, 3.63) is 135 Å². The maximum atomic E-state index is 9.83. The summed E-state index contributed by atoms with van der Waals surface area (Å²) in [7, 11) is 0. The van der Waals surface area contributed by atoms with Crippen molar-refractivity contribution in [1.29, 1.82) is 0 Å². The van der Waals surface area contributed by atoms with Crippen LogP contribution in [-0.2, 0) is 32.3 Å². The standard InChI is InChI=1S/C35H40Cl2N2O2.ClH/c1-26(38-18-16-27-4-2-6-32(36)21-27)20-29-8-10-31(11-9-29)25-41-35-14-12-30(13-15-35)23-34(24-40)39-19-17-28-5-3-7-33(37)22-28;/h2-15,21-22,26,34,38-40H,16-20,23-25H2,1H3;1H. The lowest BCUT2D eigenvalue weighted by Crippen LogP contribution is -2.35. The topological polar surface area (TPSA) is 53.5 Å². The van der Waals surface area contributed by atoms with E-state index in [9.17, 15) is 5.11 Å². The van der Waals surface area contributed by atoms with E-state index in [-0.39, 0.29) is 25.1 Å². The molecule has 0 amide bonds. The minimum absolute atomic E-state index is 0. The van der Waals surface area contributed by atoms with Crippen LogP contribution in [0.15, 0.2) is 97.1 Å². The van der Waals surface area contributed by atoms with Gasteiger partial charge in [-0.05, 0) is 110 Å². The second-order valence-electron chi connectivity index (χ2n) is 10.6. The van der Waals surface area contributed by atoms with Crippen LogP contribution in [0.1, 0.15) is 34.7 Å².